The predicted molar refractivity (Wildman–Crippen MR) is 141 cm³/mol. The standard InChI is InChI=1S/C29H44O6/c1-8-29(6,35-26-15-14-24(30)18-23(26)19-27(32)34-7)16-10-12-21(4)11-9-13-22(5)28(33)25(31)17-20(2)3/h8,12,14-15,17-18,22,25,28,30-31,33H,1,9-11,13,16,19H2,2-7H3/b21-12+/t22-,25-,28+,29+/m1/s1. The molecule has 35 heavy (non-hydrogen) atoms. The maximum Gasteiger partial charge on any atom is 0.310 e. The molecule has 0 aliphatic heterocycles. The molecule has 0 unspecified atom stereocenters. The lowest BCUT2D eigenvalue weighted by Gasteiger charge is -2.28. The Morgan fingerprint density at radius 1 is 1.23 bits per heavy atom. The van der Waals surface area contributed by atoms with Crippen molar-refractivity contribution >= 4 is 5.97 Å². The second-order valence-electron chi connectivity index (χ2n) is 9.85. The molecule has 0 saturated heterocycles. The van der Waals surface area contributed by atoms with E-state index in [2.05, 4.69) is 19.6 Å². The fraction of sp³-hybridized carbons (Fsp3) is 0.552. The number of aliphatic hydroxyl groups excluding tert-OH is 2. The molecule has 6 nitrogen and oxygen atoms in total. The van der Waals surface area contributed by atoms with Crippen LogP contribution in [0.3, 0.4) is 0 Å². The van der Waals surface area contributed by atoms with Gasteiger partial charge in [-0.25, -0.2) is 0 Å². The molecule has 0 aliphatic rings. The highest BCUT2D eigenvalue weighted by molar-refractivity contribution is 5.73. The molecule has 0 amide bonds. The van der Waals surface area contributed by atoms with E-state index in [1.165, 1.54) is 24.8 Å². The summed E-state index contributed by atoms with van der Waals surface area (Å²) < 4.78 is 11.0. The fourth-order valence-electron chi connectivity index (χ4n) is 3.83. The molecular formula is C29H44O6. The summed E-state index contributed by atoms with van der Waals surface area (Å²) in [6, 6.07) is 4.69. The van der Waals surface area contributed by atoms with Crippen LogP contribution in [0.2, 0.25) is 0 Å². The summed E-state index contributed by atoms with van der Waals surface area (Å²) >= 11 is 0. The van der Waals surface area contributed by atoms with Gasteiger partial charge in [0.1, 0.15) is 17.1 Å². The topological polar surface area (TPSA) is 96.2 Å². The van der Waals surface area contributed by atoms with Crippen LogP contribution in [0.15, 0.2) is 54.2 Å². The number of allylic oxidation sites excluding steroid dienone is 3. The Morgan fingerprint density at radius 3 is 2.51 bits per heavy atom. The van der Waals surface area contributed by atoms with Crippen LogP contribution in [0.4, 0.5) is 0 Å². The third-order valence-electron chi connectivity index (χ3n) is 6.18. The van der Waals surface area contributed by atoms with Gasteiger partial charge in [-0.1, -0.05) is 36.8 Å². The van der Waals surface area contributed by atoms with E-state index in [9.17, 15) is 20.1 Å². The molecule has 4 atom stereocenters. The normalized spacial score (nSPS) is 15.9. The third-order valence-corrected chi connectivity index (χ3v) is 6.18. The monoisotopic (exact) mass is 488 g/mol. The Labute approximate surface area is 211 Å². The van der Waals surface area contributed by atoms with Gasteiger partial charge in [0.2, 0.25) is 0 Å². The molecule has 196 valence electrons. The van der Waals surface area contributed by atoms with Gasteiger partial charge in [-0.05, 0) is 90.0 Å². The number of esters is 1. The lowest BCUT2D eigenvalue weighted by atomic mass is 9.92. The Kier molecular flexibility index (Phi) is 12.8. The summed E-state index contributed by atoms with van der Waals surface area (Å²) in [5, 5.41) is 30.2. The number of benzene rings is 1. The number of hydrogen-bond acceptors (Lipinski definition) is 6. The minimum Gasteiger partial charge on any atom is -0.508 e. The molecule has 3 N–H and O–H groups in total. The Bertz CT molecular complexity index is 883. The van der Waals surface area contributed by atoms with E-state index < -0.39 is 23.8 Å². The second kappa shape index (κ2) is 14.7. The summed E-state index contributed by atoms with van der Waals surface area (Å²) in [7, 11) is 1.32. The number of ether oxygens (including phenoxy) is 2. The highest BCUT2D eigenvalue weighted by atomic mass is 16.5. The molecule has 0 aromatic heterocycles. The zero-order valence-corrected chi connectivity index (χ0v) is 22.2. The quantitative estimate of drug-likeness (QED) is 0.218. The van der Waals surface area contributed by atoms with Gasteiger partial charge in [-0.15, -0.1) is 0 Å². The summed E-state index contributed by atoms with van der Waals surface area (Å²) in [4.78, 5) is 11.8. The van der Waals surface area contributed by atoms with Crippen molar-refractivity contribution in [3.63, 3.8) is 0 Å². The first-order valence-electron chi connectivity index (χ1n) is 12.3. The predicted octanol–water partition coefficient (Wildman–Crippen LogP) is 5.65. The van der Waals surface area contributed by atoms with Gasteiger partial charge < -0.3 is 24.8 Å². The molecule has 0 spiro atoms. The Balaban J connectivity index is 2.64. The van der Waals surface area contributed by atoms with Crippen LogP contribution >= 0.6 is 0 Å². The van der Waals surface area contributed by atoms with E-state index in [0.717, 1.165) is 31.3 Å². The summed E-state index contributed by atoms with van der Waals surface area (Å²) in [5.41, 5.74) is 2.16. The zero-order chi connectivity index (χ0) is 26.6. The van der Waals surface area contributed by atoms with Gasteiger partial charge in [-0.2, -0.15) is 0 Å². The van der Waals surface area contributed by atoms with E-state index >= 15 is 0 Å². The Hall–Kier alpha value is -2.57. The lowest BCUT2D eigenvalue weighted by Crippen LogP contribution is -2.30. The van der Waals surface area contributed by atoms with Gasteiger partial charge >= 0.3 is 5.97 Å². The lowest BCUT2D eigenvalue weighted by molar-refractivity contribution is -0.139. The number of phenolic OH excluding ortho intramolecular Hbond substituents is 1. The number of carbonyl (C=O) groups excluding carboxylic acids is 1. The van der Waals surface area contributed by atoms with E-state index in [-0.39, 0.29) is 18.1 Å². The number of carbonyl (C=O) groups is 1. The molecule has 0 bridgehead atoms. The van der Waals surface area contributed by atoms with Gasteiger partial charge in [0.25, 0.3) is 0 Å². The van der Waals surface area contributed by atoms with Crippen LogP contribution in [-0.2, 0) is 16.0 Å². The van der Waals surface area contributed by atoms with Crippen LogP contribution < -0.4 is 4.74 Å². The number of aromatic hydroxyl groups is 1. The van der Waals surface area contributed by atoms with Crippen LogP contribution in [0.25, 0.3) is 0 Å². The van der Waals surface area contributed by atoms with Crippen molar-refractivity contribution in [2.45, 2.75) is 91.0 Å². The molecule has 0 heterocycles. The summed E-state index contributed by atoms with van der Waals surface area (Å²) in [6.45, 7) is 13.8. The first-order valence-corrected chi connectivity index (χ1v) is 12.3. The van der Waals surface area contributed by atoms with Crippen molar-refractivity contribution in [3.05, 3.63) is 59.7 Å². The van der Waals surface area contributed by atoms with Crippen molar-refractivity contribution in [2.24, 2.45) is 5.92 Å². The second-order valence-corrected chi connectivity index (χ2v) is 9.85. The molecule has 0 saturated carbocycles. The van der Waals surface area contributed by atoms with Crippen LogP contribution in [0, 0.1) is 5.92 Å². The first-order chi connectivity index (χ1) is 16.4. The molecule has 0 aliphatic carbocycles. The van der Waals surface area contributed by atoms with Gasteiger partial charge in [-0.3, -0.25) is 4.79 Å². The molecule has 1 rings (SSSR count). The van der Waals surface area contributed by atoms with Crippen molar-refractivity contribution < 1.29 is 29.6 Å². The smallest absolute Gasteiger partial charge is 0.310 e. The van der Waals surface area contributed by atoms with Crippen LogP contribution in [0.1, 0.15) is 72.3 Å². The average Bonchev–Trinajstić information content (AvgIpc) is 2.79. The molecule has 0 fully saturated rings. The van der Waals surface area contributed by atoms with Crippen molar-refractivity contribution in [2.75, 3.05) is 7.11 Å². The van der Waals surface area contributed by atoms with Crippen molar-refractivity contribution in [3.8, 4) is 11.5 Å². The SMILES string of the molecule is C=C[C@@](C)(CC/C=C(\C)CCC[C@@H](C)[C@H](O)[C@H](O)C=C(C)C)Oc1ccc(O)cc1CC(=O)OC. The maximum absolute atomic E-state index is 11.8. The number of phenols is 1. The zero-order valence-electron chi connectivity index (χ0n) is 22.2. The van der Waals surface area contributed by atoms with E-state index in [1.54, 1.807) is 18.2 Å². The van der Waals surface area contributed by atoms with Crippen LogP contribution in [0.5, 0.6) is 11.5 Å². The summed E-state index contributed by atoms with van der Waals surface area (Å²) in [6.07, 6.45) is 8.22. The number of hydrogen-bond donors (Lipinski definition) is 3. The average molecular weight is 489 g/mol. The molecular weight excluding hydrogens is 444 g/mol. The van der Waals surface area contributed by atoms with Gasteiger partial charge in [0.05, 0.1) is 25.7 Å². The minimum atomic E-state index is -0.829. The van der Waals surface area contributed by atoms with Gasteiger partial charge in [0, 0.05) is 5.56 Å². The fourth-order valence-corrected chi connectivity index (χ4v) is 3.83. The van der Waals surface area contributed by atoms with E-state index in [1.807, 2.05) is 27.7 Å². The Morgan fingerprint density at radius 2 is 1.91 bits per heavy atom. The number of aliphatic hydroxyl groups is 2. The van der Waals surface area contributed by atoms with E-state index in [4.69, 9.17) is 9.47 Å². The van der Waals surface area contributed by atoms with Crippen molar-refractivity contribution in [1.29, 1.82) is 0 Å². The first kappa shape index (κ1) is 30.5. The molecule has 6 heteroatoms. The number of methoxy groups -OCH3 is 1. The minimum absolute atomic E-state index is 0.00491. The van der Waals surface area contributed by atoms with Crippen molar-refractivity contribution in [1.82, 2.24) is 0 Å². The highest BCUT2D eigenvalue weighted by Crippen LogP contribution is 2.30. The van der Waals surface area contributed by atoms with Crippen LogP contribution in [-0.4, -0.2) is 46.2 Å². The largest absolute Gasteiger partial charge is 0.508 e. The maximum atomic E-state index is 11.8. The van der Waals surface area contributed by atoms with E-state index in [0.29, 0.717) is 17.7 Å². The van der Waals surface area contributed by atoms with Gasteiger partial charge in [0.15, 0.2) is 0 Å². The molecule has 0 radical (unpaired) electrons. The number of rotatable bonds is 15. The molecule has 1 aromatic rings. The summed E-state index contributed by atoms with van der Waals surface area (Å²) in [5.74, 6) is 0.172. The third kappa shape index (κ3) is 11.1. The highest BCUT2D eigenvalue weighted by Gasteiger charge is 2.24. The molecule has 1 aromatic carbocycles.